The Morgan fingerprint density at radius 1 is 1.19 bits per heavy atom. The molecule has 0 saturated heterocycles. The van der Waals surface area contributed by atoms with Gasteiger partial charge in [-0.1, -0.05) is 30.3 Å². The summed E-state index contributed by atoms with van der Waals surface area (Å²) < 4.78 is 23.4. The number of carbonyl (C=O) groups excluding carboxylic acids is 1. The van der Waals surface area contributed by atoms with Crippen LogP contribution in [0.5, 0.6) is 0 Å². The van der Waals surface area contributed by atoms with Crippen molar-refractivity contribution < 1.29 is 23.5 Å². The molecule has 0 saturated carbocycles. The lowest BCUT2D eigenvalue weighted by molar-refractivity contribution is -0.120. The number of benzene rings is 1. The Kier molecular flexibility index (Phi) is 6.75. The van der Waals surface area contributed by atoms with E-state index in [4.69, 9.17) is 9.05 Å². The van der Waals surface area contributed by atoms with E-state index in [2.05, 4.69) is 0 Å². The highest BCUT2D eigenvalue weighted by atomic mass is 31.2. The molecule has 1 aromatic carbocycles. The molecule has 0 radical (unpaired) electrons. The van der Waals surface area contributed by atoms with Crippen molar-refractivity contribution in [1.29, 1.82) is 0 Å². The number of carbonyl (C=O) groups is 1. The molecule has 0 fully saturated rings. The Morgan fingerprint density at radius 3 is 2.14 bits per heavy atom. The molecular formula is C15H23O5P. The molecule has 21 heavy (non-hydrogen) atoms. The van der Waals surface area contributed by atoms with Crippen molar-refractivity contribution in [2.24, 2.45) is 0 Å². The lowest BCUT2D eigenvalue weighted by Gasteiger charge is -2.34. The van der Waals surface area contributed by atoms with Gasteiger partial charge < -0.3 is 14.2 Å². The van der Waals surface area contributed by atoms with E-state index >= 15 is 0 Å². The first-order chi connectivity index (χ1) is 9.87. The maximum absolute atomic E-state index is 12.9. The van der Waals surface area contributed by atoms with Gasteiger partial charge in [0.25, 0.3) is 0 Å². The predicted octanol–water partition coefficient (Wildman–Crippen LogP) is 3.16. The summed E-state index contributed by atoms with van der Waals surface area (Å²) in [5, 5.41) is 9.03. The molecule has 1 unspecified atom stereocenters. The Balaban J connectivity index is 3.17. The minimum atomic E-state index is -3.83. The van der Waals surface area contributed by atoms with E-state index in [9.17, 15) is 14.5 Å². The SMILES string of the molecule is CCOP(=O)(OCC)C(O)(CC(C)=O)Cc1ccccc1. The van der Waals surface area contributed by atoms with E-state index in [0.717, 1.165) is 5.56 Å². The van der Waals surface area contributed by atoms with Crippen LogP contribution in [0.4, 0.5) is 0 Å². The van der Waals surface area contributed by atoms with Crippen molar-refractivity contribution in [2.45, 2.75) is 39.0 Å². The summed E-state index contributed by atoms with van der Waals surface area (Å²) in [7, 11) is -3.83. The van der Waals surface area contributed by atoms with Crippen LogP contribution in [-0.2, 0) is 24.8 Å². The van der Waals surface area contributed by atoms with Crippen molar-refractivity contribution in [3.05, 3.63) is 35.9 Å². The van der Waals surface area contributed by atoms with Gasteiger partial charge in [-0.05, 0) is 26.3 Å². The smallest absolute Gasteiger partial charge is 0.362 e. The zero-order chi connectivity index (χ0) is 15.9. The molecule has 0 aliphatic rings. The average molecular weight is 314 g/mol. The van der Waals surface area contributed by atoms with Gasteiger partial charge in [0.2, 0.25) is 0 Å². The highest BCUT2D eigenvalue weighted by Gasteiger charge is 2.50. The van der Waals surface area contributed by atoms with E-state index in [0.29, 0.717) is 0 Å². The summed E-state index contributed by atoms with van der Waals surface area (Å²) in [4.78, 5) is 11.5. The summed E-state index contributed by atoms with van der Waals surface area (Å²) in [6.45, 7) is 4.95. The third-order valence-electron chi connectivity index (χ3n) is 2.97. The second kappa shape index (κ2) is 7.85. The van der Waals surface area contributed by atoms with Crippen LogP contribution in [0.1, 0.15) is 32.8 Å². The summed E-state index contributed by atoms with van der Waals surface area (Å²) in [5.41, 5.74) is 0.765. The molecule has 1 atom stereocenters. The zero-order valence-corrected chi connectivity index (χ0v) is 13.6. The second-order valence-electron chi connectivity index (χ2n) is 4.86. The number of aliphatic hydroxyl groups is 1. The van der Waals surface area contributed by atoms with Gasteiger partial charge in [0.05, 0.1) is 13.2 Å². The quantitative estimate of drug-likeness (QED) is 0.709. The maximum Gasteiger partial charge on any atom is 0.362 e. The fourth-order valence-electron chi connectivity index (χ4n) is 2.20. The lowest BCUT2D eigenvalue weighted by atomic mass is 10.0. The van der Waals surface area contributed by atoms with Crippen LogP contribution in [0.3, 0.4) is 0 Å². The van der Waals surface area contributed by atoms with Crippen LogP contribution in [0.25, 0.3) is 0 Å². The number of hydrogen-bond acceptors (Lipinski definition) is 5. The molecule has 0 aliphatic heterocycles. The lowest BCUT2D eigenvalue weighted by Crippen LogP contribution is -2.35. The summed E-state index contributed by atoms with van der Waals surface area (Å²) in [5.74, 6) is -0.270. The van der Waals surface area contributed by atoms with Crippen LogP contribution in [0, 0.1) is 0 Å². The van der Waals surface area contributed by atoms with E-state index in [1.54, 1.807) is 26.0 Å². The largest absolute Gasteiger partial charge is 0.377 e. The highest BCUT2D eigenvalue weighted by Crippen LogP contribution is 2.61. The van der Waals surface area contributed by atoms with Gasteiger partial charge >= 0.3 is 7.60 Å². The predicted molar refractivity (Wildman–Crippen MR) is 81.3 cm³/mol. The zero-order valence-electron chi connectivity index (χ0n) is 12.7. The molecular weight excluding hydrogens is 291 g/mol. The van der Waals surface area contributed by atoms with E-state index in [-0.39, 0.29) is 31.8 Å². The standard InChI is InChI=1S/C15H23O5P/c1-4-19-21(18,20-5-2)15(17,11-13(3)16)12-14-9-7-6-8-10-14/h6-10,17H,4-5,11-12H2,1-3H3. The van der Waals surface area contributed by atoms with E-state index in [1.807, 2.05) is 18.2 Å². The summed E-state index contributed by atoms with van der Waals surface area (Å²) in [6.07, 6.45) is -0.246. The first-order valence-electron chi connectivity index (χ1n) is 7.02. The molecule has 1 aromatic rings. The summed E-state index contributed by atoms with van der Waals surface area (Å²) in [6, 6.07) is 9.07. The molecule has 0 amide bonds. The van der Waals surface area contributed by atoms with Gasteiger partial charge in [-0.3, -0.25) is 9.36 Å². The minimum Gasteiger partial charge on any atom is -0.377 e. The molecule has 6 heteroatoms. The molecule has 1 N–H and O–H groups in total. The molecule has 0 heterocycles. The van der Waals surface area contributed by atoms with Gasteiger partial charge in [0, 0.05) is 12.8 Å². The molecule has 0 aromatic heterocycles. The Morgan fingerprint density at radius 2 is 1.71 bits per heavy atom. The minimum absolute atomic E-state index is 0.0324. The molecule has 1 rings (SSSR count). The van der Waals surface area contributed by atoms with Crippen molar-refractivity contribution in [2.75, 3.05) is 13.2 Å². The van der Waals surface area contributed by atoms with Crippen LogP contribution in [0.15, 0.2) is 30.3 Å². The van der Waals surface area contributed by atoms with Crippen LogP contribution in [-0.4, -0.2) is 29.4 Å². The van der Waals surface area contributed by atoms with Gasteiger partial charge in [0.15, 0.2) is 5.34 Å². The van der Waals surface area contributed by atoms with E-state index < -0.39 is 12.9 Å². The average Bonchev–Trinajstić information content (AvgIpc) is 2.39. The van der Waals surface area contributed by atoms with Crippen LogP contribution in [0.2, 0.25) is 0 Å². The monoisotopic (exact) mass is 314 g/mol. The topological polar surface area (TPSA) is 72.8 Å². The van der Waals surface area contributed by atoms with Crippen LogP contribution >= 0.6 is 7.60 Å². The first-order valence-corrected chi connectivity index (χ1v) is 8.56. The fourth-order valence-corrected chi connectivity index (χ4v) is 4.22. The van der Waals surface area contributed by atoms with Crippen molar-refractivity contribution in [3.8, 4) is 0 Å². The van der Waals surface area contributed by atoms with Crippen molar-refractivity contribution in [3.63, 3.8) is 0 Å². The molecule has 5 nitrogen and oxygen atoms in total. The third kappa shape index (κ3) is 4.75. The Hall–Kier alpha value is -1.00. The van der Waals surface area contributed by atoms with E-state index in [1.165, 1.54) is 6.92 Å². The number of Topliss-reactive ketones (excluding diaryl/α,β-unsaturated/α-hetero) is 1. The van der Waals surface area contributed by atoms with Gasteiger partial charge in [0.1, 0.15) is 5.78 Å². The normalized spacial score (nSPS) is 14.7. The maximum atomic E-state index is 12.9. The first kappa shape index (κ1) is 18.1. The number of rotatable bonds is 9. The Labute approximate surface area is 125 Å². The Bertz CT molecular complexity index is 492. The molecule has 118 valence electrons. The number of ketones is 1. The van der Waals surface area contributed by atoms with Gasteiger partial charge in [-0.25, -0.2) is 0 Å². The highest BCUT2D eigenvalue weighted by molar-refractivity contribution is 7.55. The third-order valence-corrected chi connectivity index (χ3v) is 5.50. The summed E-state index contributed by atoms with van der Waals surface area (Å²) >= 11 is 0. The molecule has 0 bridgehead atoms. The van der Waals surface area contributed by atoms with Crippen molar-refractivity contribution >= 4 is 13.4 Å². The molecule has 0 spiro atoms. The van der Waals surface area contributed by atoms with Gasteiger partial charge in [-0.15, -0.1) is 0 Å². The van der Waals surface area contributed by atoms with Crippen molar-refractivity contribution in [1.82, 2.24) is 0 Å². The number of hydrogen-bond donors (Lipinski definition) is 1. The fraction of sp³-hybridized carbons (Fsp3) is 0.533. The van der Waals surface area contributed by atoms with Crippen LogP contribution < -0.4 is 0 Å². The second-order valence-corrected chi connectivity index (χ2v) is 7.20. The molecule has 0 aliphatic carbocycles. The van der Waals surface area contributed by atoms with Gasteiger partial charge in [-0.2, -0.15) is 0 Å².